The lowest BCUT2D eigenvalue weighted by Crippen LogP contribution is -2.41. The van der Waals surface area contributed by atoms with Crippen molar-refractivity contribution in [2.45, 2.75) is 36.8 Å². The van der Waals surface area contributed by atoms with Crippen LogP contribution in [-0.4, -0.2) is 38.5 Å². The van der Waals surface area contributed by atoms with Gasteiger partial charge in [0, 0.05) is 13.7 Å². The smallest absolute Gasteiger partial charge is 0.243 e. The highest BCUT2D eigenvalue weighted by Crippen LogP contribution is 2.30. The summed E-state index contributed by atoms with van der Waals surface area (Å²) in [5.74, 6) is 0. The van der Waals surface area contributed by atoms with E-state index in [1.54, 1.807) is 23.5 Å². The molecular weight excluding hydrogens is 322 g/mol. The molecule has 5 heteroatoms. The topological polar surface area (TPSA) is 46.6 Å². The lowest BCUT2D eigenvalue weighted by Gasteiger charge is -2.27. The van der Waals surface area contributed by atoms with Crippen LogP contribution in [0.25, 0.3) is 0 Å². The molecular formula is C19H23NO3S. The van der Waals surface area contributed by atoms with Crippen molar-refractivity contribution in [2.24, 2.45) is 0 Å². The first-order chi connectivity index (χ1) is 11.5. The number of aryl methyl sites for hydroxylation is 1. The molecule has 2 atom stereocenters. The fourth-order valence-electron chi connectivity index (χ4n) is 3.31. The van der Waals surface area contributed by atoms with E-state index in [2.05, 4.69) is 0 Å². The Kier molecular flexibility index (Phi) is 5.04. The first-order valence-corrected chi connectivity index (χ1v) is 9.61. The van der Waals surface area contributed by atoms with Crippen LogP contribution in [0.4, 0.5) is 0 Å². The molecule has 24 heavy (non-hydrogen) atoms. The van der Waals surface area contributed by atoms with E-state index in [1.807, 2.05) is 49.4 Å². The van der Waals surface area contributed by atoms with Gasteiger partial charge in [0.1, 0.15) is 0 Å². The number of nitrogens with zero attached hydrogens (tertiary/aromatic N) is 1. The molecule has 1 aliphatic heterocycles. The van der Waals surface area contributed by atoms with Gasteiger partial charge in [-0.3, -0.25) is 0 Å². The maximum absolute atomic E-state index is 13.1. The van der Waals surface area contributed by atoms with Crippen molar-refractivity contribution in [3.05, 3.63) is 65.7 Å². The van der Waals surface area contributed by atoms with Crippen LogP contribution in [0.1, 0.15) is 17.5 Å². The van der Waals surface area contributed by atoms with E-state index in [4.69, 9.17) is 4.74 Å². The molecule has 0 saturated carbocycles. The van der Waals surface area contributed by atoms with E-state index >= 15 is 0 Å². The van der Waals surface area contributed by atoms with Gasteiger partial charge in [0.05, 0.1) is 17.0 Å². The maximum Gasteiger partial charge on any atom is 0.243 e. The Morgan fingerprint density at radius 3 is 2.38 bits per heavy atom. The van der Waals surface area contributed by atoms with Gasteiger partial charge in [0.25, 0.3) is 0 Å². The molecule has 128 valence electrons. The summed E-state index contributed by atoms with van der Waals surface area (Å²) in [5, 5.41) is 0. The number of ether oxygens (including phenoxy) is 1. The number of hydrogen-bond donors (Lipinski definition) is 0. The third-order valence-corrected chi connectivity index (χ3v) is 6.59. The second kappa shape index (κ2) is 7.05. The summed E-state index contributed by atoms with van der Waals surface area (Å²) in [4.78, 5) is 0.350. The quantitative estimate of drug-likeness (QED) is 0.837. The van der Waals surface area contributed by atoms with E-state index in [0.717, 1.165) is 17.5 Å². The molecule has 0 aromatic heterocycles. The number of rotatable bonds is 5. The molecule has 2 aromatic carbocycles. The molecule has 4 nitrogen and oxygen atoms in total. The minimum atomic E-state index is -3.51. The van der Waals surface area contributed by atoms with Crippen LogP contribution in [0.15, 0.2) is 59.5 Å². The molecule has 1 saturated heterocycles. The van der Waals surface area contributed by atoms with E-state index in [-0.39, 0.29) is 12.1 Å². The zero-order valence-corrected chi connectivity index (χ0v) is 14.9. The predicted molar refractivity (Wildman–Crippen MR) is 94.4 cm³/mol. The molecule has 0 amide bonds. The third kappa shape index (κ3) is 3.38. The predicted octanol–water partition coefficient (Wildman–Crippen LogP) is 3.02. The van der Waals surface area contributed by atoms with Crippen molar-refractivity contribution in [1.82, 2.24) is 4.31 Å². The highest BCUT2D eigenvalue weighted by Gasteiger charge is 2.41. The van der Waals surface area contributed by atoms with Crippen LogP contribution >= 0.6 is 0 Å². The van der Waals surface area contributed by atoms with Crippen LogP contribution in [0.5, 0.6) is 0 Å². The van der Waals surface area contributed by atoms with Crippen molar-refractivity contribution in [3.8, 4) is 0 Å². The zero-order valence-electron chi connectivity index (χ0n) is 14.1. The molecule has 1 fully saturated rings. The molecule has 2 aromatic rings. The molecule has 0 radical (unpaired) electrons. The third-order valence-electron chi connectivity index (χ3n) is 4.65. The standard InChI is InChI=1S/C19H23NO3S/c1-15-8-10-17(11-9-15)24(21,22)20-13-12-19(23-2)18(20)14-16-6-4-3-5-7-16/h3-11,18-19H,12-14H2,1-2H3/t18-,19+/m0/s1. The molecule has 0 aliphatic carbocycles. The van der Waals surface area contributed by atoms with Gasteiger partial charge in [-0.15, -0.1) is 0 Å². The van der Waals surface area contributed by atoms with Crippen LogP contribution in [0, 0.1) is 6.92 Å². The Morgan fingerprint density at radius 2 is 1.75 bits per heavy atom. The van der Waals surface area contributed by atoms with Gasteiger partial charge < -0.3 is 4.74 Å². The van der Waals surface area contributed by atoms with Gasteiger partial charge >= 0.3 is 0 Å². The Balaban J connectivity index is 1.91. The van der Waals surface area contributed by atoms with E-state index < -0.39 is 10.0 Å². The van der Waals surface area contributed by atoms with Gasteiger partial charge in [0.2, 0.25) is 10.0 Å². The van der Waals surface area contributed by atoms with E-state index in [1.165, 1.54) is 0 Å². The number of sulfonamides is 1. The molecule has 1 aliphatic rings. The number of methoxy groups -OCH3 is 1. The van der Waals surface area contributed by atoms with Gasteiger partial charge in [-0.2, -0.15) is 4.31 Å². The fraction of sp³-hybridized carbons (Fsp3) is 0.368. The van der Waals surface area contributed by atoms with Crippen molar-refractivity contribution in [1.29, 1.82) is 0 Å². The minimum Gasteiger partial charge on any atom is -0.380 e. The summed E-state index contributed by atoms with van der Waals surface area (Å²) in [6.07, 6.45) is 1.30. The highest BCUT2D eigenvalue weighted by atomic mass is 32.2. The summed E-state index contributed by atoms with van der Waals surface area (Å²) < 4.78 is 33.3. The van der Waals surface area contributed by atoms with Gasteiger partial charge in [-0.25, -0.2) is 8.42 Å². The molecule has 0 bridgehead atoms. The summed E-state index contributed by atoms with van der Waals surface area (Å²) >= 11 is 0. The Morgan fingerprint density at radius 1 is 1.08 bits per heavy atom. The second-order valence-electron chi connectivity index (χ2n) is 6.25. The molecule has 0 spiro atoms. The highest BCUT2D eigenvalue weighted by molar-refractivity contribution is 7.89. The van der Waals surface area contributed by atoms with E-state index in [0.29, 0.717) is 17.9 Å². The molecule has 1 heterocycles. The Hall–Kier alpha value is -1.69. The maximum atomic E-state index is 13.1. The first-order valence-electron chi connectivity index (χ1n) is 8.17. The van der Waals surface area contributed by atoms with Gasteiger partial charge in [-0.05, 0) is 37.5 Å². The SMILES string of the molecule is CO[C@@H]1CCN(S(=O)(=O)c2ccc(C)cc2)[C@H]1Cc1ccccc1. The lowest BCUT2D eigenvalue weighted by molar-refractivity contribution is 0.0810. The summed E-state index contributed by atoms with van der Waals surface area (Å²) in [6, 6.07) is 16.8. The fourth-order valence-corrected chi connectivity index (χ4v) is 4.97. The molecule has 0 N–H and O–H groups in total. The van der Waals surface area contributed by atoms with Gasteiger partial charge in [-0.1, -0.05) is 48.0 Å². The first kappa shape index (κ1) is 17.1. The molecule has 0 unspecified atom stereocenters. The largest absolute Gasteiger partial charge is 0.380 e. The van der Waals surface area contributed by atoms with Crippen molar-refractivity contribution in [2.75, 3.05) is 13.7 Å². The van der Waals surface area contributed by atoms with Crippen LogP contribution in [0.3, 0.4) is 0 Å². The van der Waals surface area contributed by atoms with Crippen molar-refractivity contribution in [3.63, 3.8) is 0 Å². The number of hydrogen-bond acceptors (Lipinski definition) is 3. The normalized spacial score (nSPS) is 21.9. The summed E-state index contributed by atoms with van der Waals surface area (Å²) in [5.41, 5.74) is 2.17. The molecule has 3 rings (SSSR count). The zero-order chi connectivity index (χ0) is 17.2. The van der Waals surface area contributed by atoms with Crippen LogP contribution in [-0.2, 0) is 21.2 Å². The van der Waals surface area contributed by atoms with Crippen LogP contribution in [0.2, 0.25) is 0 Å². The van der Waals surface area contributed by atoms with Crippen molar-refractivity contribution >= 4 is 10.0 Å². The Bertz CT molecular complexity index is 772. The van der Waals surface area contributed by atoms with Crippen molar-refractivity contribution < 1.29 is 13.2 Å². The van der Waals surface area contributed by atoms with Crippen LogP contribution < -0.4 is 0 Å². The summed E-state index contributed by atoms with van der Waals surface area (Å²) in [6.45, 7) is 2.44. The number of benzene rings is 2. The summed E-state index contributed by atoms with van der Waals surface area (Å²) in [7, 11) is -1.86. The average molecular weight is 345 g/mol. The van der Waals surface area contributed by atoms with E-state index in [9.17, 15) is 8.42 Å². The Labute approximate surface area is 144 Å². The lowest BCUT2D eigenvalue weighted by atomic mass is 10.0. The minimum absolute atomic E-state index is 0.0783. The average Bonchev–Trinajstić information content (AvgIpc) is 2.99. The second-order valence-corrected chi connectivity index (χ2v) is 8.14. The monoisotopic (exact) mass is 345 g/mol. The van der Waals surface area contributed by atoms with Gasteiger partial charge in [0.15, 0.2) is 0 Å².